The Kier molecular flexibility index (Phi) is 24.8. The summed E-state index contributed by atoms with van der Waals surface area (Å²) >= 11 is 29.4. The van der Waals surface area contributed by atoms with E-state index in [1.54, 1.807) is 25.7 Å². The van der Waals surface area contributed by atoms with E-state index in [2.05, 4.69) is 153 Å². The molecule has 68 heavy (non-hydrogen) atoms. The first kappa shape index (κ1) is 55.8. The molecule has 0 nitrogen and oxygen atoms in total. The Balaban J connectivity index is 0.0000000962. The Hall–Kier alpha value is 4.55. The van der Waals surface area contributed by atoms with Gasteiger partial charge in [-0.1, -0.05) is 51.4 Å². The van der Waals surface area contributed by atoms with Gasteiger partial charge in [0.05, 0.1) is 0 Å². The van der Waals surface area contributed by atoms with Gasteiger partial charge in [0.2, 0.25) is 0 Å². The van der Waals surface area contributed by atoms with Gasteiger partial charge in [-0.2, -0.15) is 153 Å². The summed E-state index contributed by atoms with van der Waals surface area (Å²) in [4.78, 5) is 0. The highest BCUT2D eigenvalue weighted by molar-refractivity contribution is 8.09. The van der Waals surface area contributed by atoms with E-state index < -0.39 is 0 Å². The number of hydrogen-bond acceptors (Lipinski definition) is 13. The van der Waals surface area contributed by atoms with Gasteiger partial charge < -0.3 is 0 Å². The average Bonchev–Trinajstić information content (AvgIpc) is 4.24. The predicted octanol–water partition coefficient (Wildman–Crippen LogP) is 18.3. The average molecular weight is 1170 g/mol. The van der Waals surface area contributed by atoms with Crippen LogP contribution in [-0.2, 0) is 0 Å². The van der Waals surface area contributed by atoms with Crippen LogP contribution in [0.1, 0.15) is 173 Å². The van der Waals surface area contributed by atoms with Gasteiger partial charge in [-0.25, -0.2) is 0 Å². The van der Waals surface area contributed by atoms with E-state index in [0.29, 0.717) is 0 Å². The first-order chi connectivity index (χ1) is 33.7. The van der Waals surface area contributed by atoms with Crippen molar-refractivity contribution in [1.82, 2.24) is 0 Å². The summed E-state index contributed by atoms with van der Waals surface area (Å²) in [6.45, 7) is 0. The van der Waals surface area contributed by atoms with E-state index in [-0.39, 0.29) is 0 Å². The second-order valence-corrected chi connectivity index (χ2v) is 40.4. The summed E-state index contributed by atoms with van der Waals surface area (Å²) in [6.07, 6.45) is 40.8. The van der Waals surface area contributed by atoms with Crippen molar-refractivity contribution in [3.63, 3.8) is 0 Å². The van der Waals surface area contributed by atoms with E-state index in [1.807, 2.05) is 0 Å². The fourth-order valence-corrected chi connectivity index (χ4v) is 37.1. The van der Waals surface area contributed by atoms with Crippen LogP contribution in [0.5, 0.6) is 0 Å². The standard InChI is InChI=1S/C12H20S2.C12H20S.C10H16S4.C8H14S2.C7H12S2.C6H10S2/c1-2-6-10-9(5-1)13-11-7-3-4-8-12(11)14-10;1-3-7-11-9(5-1)10-6-2-4-8-12(10)13-11;1-2-12-8-6-10-9(5-7(8)11-1)13-3-4-14-10;1-3-7-8(9-5-1)4-2-6-10-7;1-2-6-7(8-4-1)3-5-9-6;1-3-7-6-2-4-8-5(1)6/h9-12H,1-8H2;9-12H,1-8H2;7-10H,1-6H2;7-8H,1-6H2;6-7H,1-5H2;5-6H,1-4H2. The smallest absolute Gasteiger partial charge is 0.0178 e. The van der Waals surface area contributed by atoms with Crippen LogP contribution >= 0.6 is 153 Å². The van der Waals surface area contributed by atoms with Gasteiger partial charge in [-0.3, -0.25) is 0 Å². The Labute approximate surface area is 474 Å². The van der Waals surface area contributed by atoms with Crippen molar-refractivity contribution >= 4 is 153 Å². The number of fused-ring (bicyclic) bond motifs is 10. The molecule has 15 aliphatic rings. The van der Waals surface area contributed by atoms with Crippen molar-refractivity contribution in [3.05, 3.63) is 0 Å². The molecule has 0 amide bonds. The third-order valence-electron chi connectivity index (χ3n) is 18.0. The third kappa shape index (κ3) is 16.1. The van der Waals surface area contributed by atoms with E-state index in [4.69, 9.17) is 0 Å². The van der Waals surface area contributed by atoms with Gasteiger partial charge in [0.15, 0.2) is 0 Å². The van der Waals surface area contributed by atoms with Crippen LogP contribution in [0.2, 0.25) is 0 Å². The fourth-order valence-electron chi connectivity index (χ4n) is 14.4. The summed E-state index contributed by atoms with van der Waals surface area (Å²) in [6, 6.07) is 0. The Morgan fingerprint density at radius 2 is 0.397 bits per heavy atom. The maximum absolute atomic E-state index is 2.38. The normalized spacial score (nSPS) is 46.2. The molecule has 0 bridgehead atoms. The molecule has 0 aromatic rings. The summed E-state index contributed by atoms with van der Waals surface area (Å²) in [7, 11) is 0. The van der Waals surface area contributed by atoms with Crippen molar-refractivity contribution in [2.75, 3.05) is 57.5 Å². The van der Waals surface area contributed by atoms with Crippen LogP contribution < -0.4 is 0 Å². The number of rotatable bonds is 0. The lowest BCUT2D eigenvalue weighted by molar-refractivity contribution is 0.231. The second-order valence-electron chi connectivity index (χ2n) is 22.5. The maximum atomic E-state index is 2.38. The van der Waals surface area contributed by atoms with Gasteiger partial charge >= 0.3 is 0 Å². The van der Waals surface area contributed by atoms with Gasteiger partial charge in [0.1, 0.15) is 0 Å². The van der Waals surface area contributed by atoms with Gasteiger partial charge in [-0.05, 0) is 168 Å². The predicted molar refractivity (Wildman–Crippen MR) is 340 cm³/mol. The van der Waals surface area contributed by atoms with E-state index in [1.165, 1.54) is 205 Å². The van der Waals surface area contributed by atoms with Crippen LogP contribution in [-0.4, -0.2) is 142 Å². The molecule has 18 atom stereocenters. The molecule has 5 aliphatic carbocycles. The minimum Gasteiger partial charge on any atom is -0.157 e. The van der Waals surface area contributed by atoms with E-state index in [0.717, 1.165) is 95.8 Å². The topological polar surface area (TPSA) is 0 Å². The molecule has 15 fully saturated rings. The van der Waals surface area contributed by atoms with Crippen LogP contribution in [0.4, 0.5) is 0 Å². The highest BCUT2D eigenvalue weighted by atomic mass is 32.2. The molecule has 10 heterocycles. The molecule has 0 N–H and O–H groups in total. The van der Waals surface area contributed by atoms with Crippen LogP contribution in [0, 0.1) is 11.8 Å². The monoisotopic (exact) mass is 1170 g/mol. The summed E-state index contributed by atoms with van der Waals surface area (Å²) in [5.74, 6) is 16.5. The van der Waals surface area contributed by atoms with Gasteiger partial charge in [0, 0.05) is 107 Å². The lowest BCUT2D eigenvalue weighted by Gasteiger charge is -2.45. The van der Waals surface area contributed by atoms with Crippen molar-refractivity contribution in [3.8, 4) is 0 Å². The molecular weight excluding hydrogens is 1080 g/mol. The van der Waals surface area contributed by atoms with E-state index >= 15 is 0 Å². The molecule has 13 heteroatoms. The van der Waals surface area contributed by atoms with Crippen LogP contribution in [0.3, 0.4) is 0 Å². The lowest BCUT2D eigenvalue weighted by atomic mass is 9.73. The summed E-state index contributed by atoms with van der Waals surface area (Å²) in [5, 5.41) is 16.6. The molecule has 15 rings (SSSR count). The zero-order valence-corrected chi connectivity index (χ0v) is 52.5. The first-order valence-electron chi connectivity index (χ1n) is 28.8. The Morgan fingerprint density at radius 3 is 0.735 bits per heavy atom. The molecule has 0 aromatic carbocycles. The van der Waals surface area contributed by atoms with Crippen LogP contribution in [0.25, 0.3) is 0 Å². The van der Waals surface area contributed by atoms with Crippen molar-refractivity contribution in [2.45, 2.75) is 257 Å². The molecule has 0 aromatic heterocycles. The quantitative estimate of drug-likeness (QED) is 0.226. The molecule has 0 spiro atoms. The van der Waals surface area contributed by atoms with E-state index in [9.17, 15) is 0 Å². The molecule has 5 saturated carbocycles. The molecule has 10 aliphatic heterocycles. The van der Waals surface area contributed by atoms with Crippen molar-refractivity contribution < 1.29 is 0 Å². The van der Waals surface area contributed by atoms with Crippen molar-refractivity contribution in [2.24, 2.45) is 11.8 Å². The molecule has 10 saturated heterocycles. The minimum absolute atomic E-state index is 1.00. The van der Waals surface area contributed by atoms with Crippen LogP contribution in [0.15, 0.2) is 0 Å². The Morgan fingerprint density at radius 1 is 0.162 bits per heavy atom. The number of thioether (sulfide) groups is 13. The molecule has 18 unspecified atom stereocenters. The highest BCUT2D eigenvalue weighted by Crippen LogP contribution is 2.55. The molecule has 390 valence electrons. The largest absolute Gasteiger partial charge is 0.157 e. The van der Waals surface area contributed by atoms with Gasteiger partial charge in [0.25, 0.3) is 0 Å². The Bertz CT molecular complexity index is 1240. The molecular formula is C55H92S13. The maximum Gasteiger partial charge on any atom is 0.0178 e. The van der Waals surface area contributed by atoms with Gasteiger partial charge in [-0.15, -0.1) is 0 Å². The fraction of sp³-hybridized carbons (Fsp3) is 1.00. The summed E-state index contributed by atoms with van der Waals surface area (Å²) in [5.41, 5.74) is 0. The zero-order chi connectivity index (χ0) is 45.7. The SMILES string of the molecule is C1CC2SCCC2S1.C1CCC2C(C1)SC1CCCCC12.C1CCC2SC3CCCCC3SC2C1.C1CSC2CC3SCCSC3CC2S1.C1CSC2CCCSC2C1.C1CSC2CCSC2C1. The molecule has 0 radical (unpaired) electrons. The lowest BCUT2D eigenvalue weighted by Crippen LogP contribution is -2.42. The highest BCUT2D eigenvalue weighted by Gasteiger charge is 2.45. The van der Waals surface area contributed by atoms with Crippen molar-refractivity contribution in [1.29, 1.82) is 0 Å². The number of hydrogen-bond donors (Lipinski definition) is 0. The zero-order valence-electron chi connectivity index (χ0n) is 41.9. The first-order valence-corrected chi connectivity index (χ1v) is 42.2. The summed E-state index contributed by atoms with van der Waals surface area (Å²) < 4.78 is 0. The minimum atomic E-state index is 1.00. The second kappa shape index (κ2) is 30.2. The third-order valence-corrected chi connectivity index (χ3v) is 39.7.